The first kappa shape index (κ1) is 11.1. The Hall–Kier alpha value is -0.930. The van der Waals surface area contributed by atoms with E-state index < -0.39 is 0 Å². The molecular formula is C11H18N2O. The zero-order valence-electron chi connectivity index (χ0n) is 8.56. The standard InChI is InChI=1S/C11H18N2O/c1-9(11(6-12)8-14)5-10-3-2-4-13-7-10/h2-4,7,9,11,14H,5-6,8,12H2,1H3. The number of hydrogen-bond acceptors (Lipinski definition) is 3. The van der Waals surface area contributed by atoms with Crippen molar-refractivity contribution < 1.29 is 5.11 Å². The number of nitrogens with two attached hydrogens (primary N) is 1. The molecule has 0 aliphatic heterocycles. The van der Waals surface area contributed by atoms with E-state index in [2.05, 4.69) is 18.0 Å². The van der Waals surface area contributed by atoms with Gasteiger partial charge in [0.2, 0.25) is 0 Å². The minimum Gasteiger partial charge on any atom is -0.396 e. The molecule has 1 aromatic rings. The SMILES string of the molecule is CC(Cc1cccnc1)C(CN)CO. The average molecular weight is 194 g/mol. The lowest BCUT2D eigenvalue weighted by molar-refractivity contribution is 0.187. The molecular weight excluding hydrogens is 176 g/mol. The van der Waals surface area contributed by atoms with E-state index in [0.29, 0.717) is 12.5 Å². The van der Waals surface area contributed by atoms with E-state index in [1.54, 1.807) is 6.20 Å². The van der Waals surface area contributed by atoms with Crippen LogP contribution in [0.5, 0.6) is 0 Å². The summed E-state index contributed by atoms with van der Waals surface area (Å²) in [4.78, 5) is 4.05. The molecule has 0 bridgehead atoms. The molecule has 1 rings (SSSR count). The van der Waals surface area contributed by atoms with E-state index in [4.69, 9.17) is 10.8 Å². The Bertz CT molecular complexity index is 247. The third-order valence-corrected chi connectivity index (χ3v) is 2.62. The van der Waals surface area contributed by atoms with Crippen molar-refractivity contribution in [2.75, 3.05) is 13.2 Å². The first-order chi connectivity index (χ1) is 6.77. The van der Waals surface area contributed by atoms with E-state index in [0.717, 1.165) is 6.42 Å². The van der Waals surface area contributed by atoms with E-state index in [-0.39, 0.29) is 12.5 Å². The highest BCUT2D eigenvalue weighted by atomic mass is 16.3. The van der Waals surface area contributed by atoms with Gasteiger partial charge in [-0.15, -0.1) is 0 Å². The summed E-state index contributed by atoms with van der Waals surface area (Å²) in [5.41, 5.74) is 6.76. The Kier molecular flexibility index (Phi) is 4.56. The Labute approximate surface area is 85.0 Å². The minimum absolute atomic E-state index is 0.165. The predicted molar refractivity (Wildman–Crippen MR) is 56.7 cm³/mol. The molecule has 0 fully saturated rings. The molecule has 1 heterocycles. The summed E-state index contributed by atoms with van der Waals surface area (Å²) in [6.07, 6.45) is 4.55. The van der Waals surface area contributed by atoms with Gasteiger partial charge in [0.1, 0.15) is 0 Å². The van der Waals surface area contributed by atoms with Crippen LogP contribution in [0.25, 0.3) is 0 Å². The Morgan fingerprint density at radius 3 is 2.86 bits per heavy atom. The number of pyridine rings is 1. The second kappa shape index (κ2) is 5.73. The maximum atomic E-state index is 9.08. The van der Waals surface area contributed by atoms with Crippen molar-refractivity contribution >= 4 is 0 Å². The molecule has 0 aliphatic carbocycles. The fourth-order valence-corrected chi connectivity index (χ4v) is 1.54. The first-order valence-electron chi connectivity index (χ1n) is 4.97. The summed E-state index contributed by atoms with van der Waals surface area (Å²) in [7, 11) is 0. The zero-order valence-corrected chi connectivity index (χ0v) is 8.56. The number of aliphatic hydroxyl groups is 1. The Morgan fingerprint density at radius 1 is 1.57 bits per heavy atom. The molecule has 0 saturated carbocycles. The van der Waals surface area contributed by atoms with E-state index in [9.17, 15) is 0 Å². The van der Waals surface area contributed by atoms with Crippen LogP contribution in [0.4, 0.5) is 0 Å². The van der Waals surface area contributed by atoms with E-state index in [1.165, 1.54) is 5.56 Å². The van der Waals surface area contributed by atoms with Crippen LogP contribution in [-0.2, 0) is 6.42 Å². The van der Waals surface area contributed by atoms with Crippen LogP contribution in [0.1, 0.15) is 12.5 Å². The van der Waals surface area contributed by atoms with Crippen LogP contribution in [0.3, 0.4) is 0 Å². The topological polar surface area (TPSA) is 59.1 Å². The summed E-state index contributed by atoms with van der Waals surface area (Å²) >= 11 is 0. The van der Waals surface area contributed by atoms with Gasteiger partial charge in [0.15, 0.2) is 0 Å². The van der Waals surface area contributed by atoms with Crippen LogP contribution in [-0.4, -0.2) is 23.2 Å². The molecule has 0 aromatic carbocycles. The van der Waals surface area contributed by atoms with Gasteiger partial charge in [-0.1, -0.05) is 13.0 Å². The maximum absolute atomic E-state index is 9.08. The minimum atomic E-state index is 0.165. The fourth-order valence-electron chi connectivity index (χ4n) is 1.54. The van der Waals surface area contributed by atoms with Gasteiger partial charge in [-0.05, 0) is 36.4 Å². The van der Waals surface area contributed by atoms with Gasteiger partial charge >= 0.3 is 0 Å². The second-order valence-corrected chi connectivity index (χ2v) is 3.72. The summed E-state index contributed by atoms with van der Waals surface area (Å²) in [6, 6.07) is 3.98. The third kappa shape index (κ3) is 3.09. The number of hydrogen-bond donors (Lipinski definition) is 2. The lowest BCUT2D eigenvalue weighted by atomic mass is 9.89. The van der Waals surface area contributed by atoms with Crippen molar-refractivity contribution in [2.24, 2.45) is 17.6 Å². The van der Waals surface area contributed by atoms with Gasteiger partial charge < -0.3 is 10.8 Å². The van der Waals surface area contributed by atoms with Crippen molar-refractivity contribution in [3.05, 3.63) is 30.1 Å². The molecule has 1 aromatic heterocycles. The maximum Gasteiger partial charge on any atom is 0.0474 e. The Balaban J connectivity index is 2.52. The molecule has 3 heteroatoms. The van der Waals surface area contributed by atoms with Crippen LogP contribution in [0.2, 0.25) is 0 Å². The van der Waals surface area contributed by atoms with Crippen molar-refractivity contribution in [1.82, 2.24) is 4.98 Å². The van der Waals surface area contributed by atoms with E-state index >= 15 is 0 Å². The molecule has 2 unspecified atom stereocenters. The molecule has 0 aliphatic rings. The van der Waals surface area contributed by atoms with Crippen molar-refractivity contribution in [3.8, 4) is 0 Å². The fraction of sp³-hybridized carbons (Fsp3) is 0.545. The monoisotopic (exact) mass is 194 g/mol. The summed E-state index contributed by atoms with van der Waals surface area (Å²) in [5.74, 6) is 0.587. The van der Waals surface area contributed by atoms with Gasteiger partial charge in [0.25, 0.3) is 0 Å². The summed E-state index contributed by atoms with van der Waals surface area (Å²) in [5, 5.41) is 9.08. The molecule has 3 N–H and O–H groups in total. The molecule has 0 spiro atoms. The Morgan fingerprint density at radius 2 is 2.36 bits per heavy atom. The van der Waals surface area contributed by atoms with E-state index in [1.807, 2.05) is 12.3 Å². The lowest BCUT2D eigenvalue weighted by Gasteiger charge is -2.19. The number of aliphatic hydroxyl groups excluding tert-OH is 1. The van der Waals surface area contributed by atoms with Crippen LogP contribution in [0.15, 0.2) is 24.5 Å². The average Bonchev–Trinajstić information content (AvgIpc) is 2.21. The molecule has 0 amide bonds. The molecule has 3 nitrogen and oxygen atoms in total. The van der Waals surface area contributed by atoms with Crippen molar-refractivity contribution in [3.63, 3.8) is 0 Å². The highest BCUT2D eigenvalue weighted by molar-refractivity contribution is 5.09. The molecule has 78 valence electrons. The lowest BCUT2D eigenvalue weighted by Crippen LogP contribution is -2.26. The van der Waals surface area contributed by atoms with Gasteiger partial charge in [0.05, 0.1) is 0 Å². The quantitative estimate of drug-likeness (QED) is 0.730. The summed E-state index contributed by atoms with van der Waals surface area (Å²) < 4.78 is 0. The van der Waals surface area contributed by atoms with Gasteiger partial charge in [-0.2, -0.15) is 0 Å². The molecule has 0 saturated heterocycles. The molecule has 2 atom stereocenters. The van der Waals surface area contributed by atoms with Crippen molar-refractivity contribution in [2.45, 2.75) is 13.3 Å². The summed E-state index contributed by atoms with van der Waals surface area (Å²) in [6.45, 7) is 2.82. The molecule has 0 radical (unpaired) electrons. The number of aromatic nitrogens is 1. The van der Waals surface area contributed by atoms with Crippen LogP contribution >= 0.6 is 0 Å². The van der Waals surface area contributed by atoms with Gasteiger partial charge in [0, 0.05) is 19.0 Å². The van der Waals surface area contributed by atoms with Gasteiger partial charge in [-0.25, -0.2) is 0 Å². The predicted octanol–water partition coefficient (Wildman–Crippen LogP) is 0.827. The molecule has 14 heavy (non-hydrogen) atoms. The largest absolute Gasteiger partial charge is 0.396 e. The third-order valence-electron chi connectivity index (χ3n) is 2.62. The normalized spacial score (nSPS) is 15.1. The first-order valence-corrected chi connectivity index (χ1v) is 4.97. The van der Waals surface area contributed by atoms with Crippen molar-refractivity contribution in [1.29, 1.82) is 0 Å². The second-order valence-electron chi connectivity index (χ2n) is 3.72. The van der Waals surface area contributed by atoms with Crippen LogP contribution in [0, 0.1) is 11.8 Å². The zero-order chi connectivity index (χ0) is 10.4. The number of nitrogens with zero attached hydrogens (tertiary/aromatic N) is 1. The highest BCUT2D eigenvalue weighted by Gasteiger charge is 2.14. The highest BCUT2D eigenvalue weighted by Crippen LogP contribution is 2.15. The van der Waals surface area contributed by atoms with Crippen LogP contribution < -0.4 is 5.73 Å². The van der Waals surface area contributed by atoms with Gasteiger partial charge in [-0.3, -0.25) is 4.98 Å². The number of rotatable bonds is 5. The smallest absolute Gasteiger partial charge is 0.0474 e.